The van der Waals surface area contributed by atoms with Gasteiger partial charge in [0, 0.05) is 16.8 Å². The van der Waals surface area contributed by atoms with Crippen molar-refractivity contribution in [3.63, 3.8) is 0 Å². The number of hydrogen-bond donors (Lipinski definition) is 1. The summed E-state index contributed by atoms with van der Waals surface area (Å²) in [7, 11) is 1.58. The summed E-state index contributed by atoms with van der Waals surface area (Å²) in [6.07, 6.45) is 0. The van der Waals surface area contributed by atoms with Crippen molar-refractivity contribution in [2.75, 3.05) is 7.11 Å². The Morgan fingerprint density at radius 1 is 1.20 bits per heavy atom. The normalized spacial score (nSPS) is 11.1. The summed E-state index contributed by atoms with van der Waals surface area (Å²) in [5.41, 5.74) is 1.60. The third-order valence-corrected chi connectivity index (χ3v) is 4.31. The van der Waals surface area contributed by atoms with Crippen LogP contribution >= 0.6 is 11.6 Å². The van der Waals surface area contributed by atoms with Gasteiger partial charge in [0.05, 0.1) is 23.2 Å². The Hall–Kier alpha value is -3.05. The monoisotopic (exact) mass is 353 g/mol. The van der Waals surface area contributed by atoms with Gasteiger partial charge in [-0.3, -0.25) is 0 Å². The largest absolute Gasteiger partial charge is 0.497 e. The smallest absolute Gasteiger partial charge is 0.336 e. The number of hydrogen-bond acceptors (Lipinski definition) is 4. The molecule has 0 amide bonds. The molecule has 0 unspecified atom stereocenters. The van der Waals surface area contributed by atoms with Gasteiger partial charge in [0.2, 0.25) is 0 Å². The number of nitrogens with zero attached hydrogens (tertiary/aromatic N) is 1. The van der Waals surface area contributed by atoms with Crippen LogP contribution in [0.15, 0.2) is 52.9 Å². The van der Waals surface area contributed by atoms with Crippen LogP contribution in [-0.4, -0.2) is 23.2 Å². The summed E-state index contributed by atoms with van der Waals surface area (Å²) >= 11 is 6.21. The minimum absolute atomic E-state index is 0.125. The summed E-state index contributed by atoms with van der Waals surface area (Å²) in [6.45, 7) is 0. The van der Waals surface area contributed by atoms with Crippen molar-refractivity contribution in [2.45, 2.75) is 0 Å². The molecule has 0 radical (unpaired) electrons. The molecule has 0 aliphatic carbocycles. The van der Waals surface area contributed by atoms with E-state index in [0.717, 1.165) is 5.39 Å². The molecule has 2 heterocycles. The van der Waals surface area contributed by atoms with Gasteiger partial charge in [0.1, 0.15) is 17.0 Å². The van der Waals surface area contributed by atoms with E-state index < -0.39 is 5.97 Å². The van der Waals surface area contributed by atoms with Gasteiger partial charge in [-0.25, -0.2) is 9.78 Å². The van der Waals surface area contributed by atoms with Gasteiger partial charge in [-0.2, -0.15) is 0 Å². The van der Waals surface area contributed by atoms with Crippen molar-refractivity contribution in [2.24, 2.45) is 0 Å². The number of aromatic carboxylic acids is 1. The Labute approximate surface area is 147 Å². The summed E-state index contributed by atoms with van der Waals surface area (Å²) in [5.74, 6) is 0.0930. The van der Waals surface area contributed by atoms with Crippen LogP contribution in [0.4, 0.5) is 0 Å². The van der Waals surface area contributed by atoms with Gasteiger partial charge in [0.25, 0.3) is 0 Å². The van der Waals surface area contributed by atoms with Crippen LogP contribution in [0, 0.1) is 0 Å². The SMILES string of the molecule is COc1ccc2cc(-c3cc(C(=O)O)c4cccc(Cl)c4n3)oc2c1. The Morgan fingerprint density at radius 2 is 2.04 bits per heavy atom. The lowest BCUT2D eigenvalue weighted by atomic mass is 10.1. The van der Waals surface area contributed by atoms with Crippen molar-refractivity contribution in [3.05, 3.63) is 59.1 Å². The first-order chi connectivity index (χ1) is 12.1. The zero-order valence-electron chi connectivity index (χ0n) is 13.1. The van der Waals surface area contributed by atoms with Crippen LogP contribution in [0.3, 0.4) is 0 Å². The Balaban J connectivity index is 1.97. The Bertz CT molecular complexity index is 1130. The number of aromatic nitrogens is 1. The number of fused-ring (bicyclic) bond motifs is 2. The molecule has 2 aromatic heterocycles. The molecule has 124 valence electrons. The fourth-order valence-corrected chi connectivity index (χ4v) is 3.00. The Morgan fingerprint density at radius 3 is 2.80 bits per heavy atom. The maximum Gasteiger partial charge on any atom is 0.336 e. The van der Waals surface area contributed by atoms with Crippen LogP contribution in [-0.2, 0) is 0 Å². The molecular formula is C19H12ClNO4. The van der Waals surface area contributed by atoms with E-state index in [1.54, 1.807) is 31.4 Å². The van der Waals surface area contributed by atoms with Crippen molar-refractivity contribution in [1.82, 2.24) is 4.98 Å². The third-order valence-electron chi connectivity index (χ3n) is 4.00. The zero-order chi connectivity index (χ0) is 17.6. The predicted octanol–water partition coefficient (Wildman–Crippen LogP) is 5.01. The first-order valence-electron chi connectivity index (χ1n) is 7.47. The molecule has 0 fully saturated rings. The topological polar surface area (TPSA) is 72.6 Å². The summed E-state index contributed by atoms with van der Waals surface area (Å²) in [4.78, 5) is 16.2. The van der Waals surface area contributed by atoms with Crippen molar-refractivity contribution >= 4 is 39.4 Å². The number of carbonyl (C=O) groups is 1. The maximum atomic E-state index is 11.6. The average Bonchev–Trinajstić information content (AvgIpc) is 3.04. The van der Waals surface area contributed by atoms with Crippen molar-refractivity contribution < 1.29 is 19.1 Å². The van der Waals surface area contributed by atoms with Crippen molar-refractivity contribution in [3.8, 4) is 17.2 Å². The standard InChI is InChI=1S/C19H12ClNO4/c1-24-11-6-5-10-7-17(25-16(10)8-11)15-9-13(19(22)23)12-3-2-4-14(20)18(12)21-15/h2-9H,1H3,(H,22,23). The number of pyridine rings is 1. The number of benzene rings is 2. The highest BCUT2D eigenvalue weighted by Crippen LogP contribution is 2.33. The number of furan rings is 1. The molecule has 1 N–H and O–H groups in total. The number of methoxy groups -OCH3 is 1. The van der Waals surface area contributed by atoms with E-state index in [-0.39, 0.29) is 5.56 Å². The number of halogens is 1. The van der Waals surface area contributed by atoms with E-state index in [1.165, 1.54) is 6.07 Å². The van der Waals surface area contributed by atoms with Crippen LogP contribution in [0.2, 0.25) is 5.02 Å². The quantitative estimate of drug-likeness (QED) is 0.560. The summed E-state index contributed by atoms with van der Waals surface area (Å²) in [6, 6.07) is 13.8. The van der Waals surface area contributed by atoms with E-state index >= 15 is 0 Å². The second kappa shape index (κ2) is 5.79. The molecule has 0 aliphatic rings. The molecule has 25 heavy (non-hydrogen) atoms. The van der Waals surface area contributed by atoms with Crippen molar-refractivity contribution in [1.29, 1.82) is 0 Å². The summed E-state index contributed by atoms with van der Waals surface area (Å²) in [5, 5.41) is 11.3. The van der Waals surface area contributed by atoms with Gasteiger partial charge >= 0.3 is 5.97 Å². The molecule has 6 heteroatoms. The molecule has 5 nitrogen and oxygen atoms in total. The highest BCUT2D eigenvalue weighted by atomic mass is 35.5. The molecule has 4 rings (SSSR count). The second-order valence-electron chi connectivity index (χ2n) is 5.51. The Kier molecular flexibility index (Phi) is 3.58. The molecule has 0 atom stereocenters. The molecule has 2 aromatic carbocycles. The average molecular weight is 354 g/mol. The minimum Gasteiger partial charge on any atom is -0.497 e. The number of carboxylic acid groups (broad SMARTS) is 1. The van der Waals surface area contributed by atoms with Gasteiger partial charge in [-0.1, -0.05) is 23.7 Å². The lowest BCUT2D eigenvalue weighted by molar-refractivity contribution is 0.0699. The molecule has 0 saturated carbocycles. The van der Waals surface area contributed by atoms with E-state index in [1.807, 2.05) is 18.2 Å². The number of ether oxygens (including phenoxy) is 1. The number of rotatable bonds is 3. The van der Waals surface area contributed by atoms with Crippen LogP contribution in [0.5, 0.6) is 5.75 Å². The van der Waals surface area contributed by atoms with Gasteiger partial charge in [-0.05, 0) is 30.3 Å². The minimum atomic E-state index is -1.05. The van der Waals surface area contributed by atoms with Crippen LogP contribution < -0.4 is 4.74 Å². The van der Waals surface area contributed by atoms with E-state index in [0.29, 0.717) is 38.7 Å². The first-order valence-corrected chi connectivity index (χ1v) is 7.85. The fourth-order valence-electron chi connectivity index (χ4n) is 2.78. The number of carboxylic acids is 1. The van der Waals surface area contributed by atoms with Gasteiger partial charge in [-0.15, -0.1) is 0 Å². The van der Waals surface area contributed by atoms with E-state index in [9.17, 15) is 9.90 Å². The lowest BCUT2D eigenvalue weighted by Crippen LogP contribution is -2.00. The molecule has 0 spiro atoms. The lowest BCUT2D eigenvalue weighted by Gasteiger charge is -2.06. The molecule has 0 bridgehead atoms. The van der Waals surface area contributed by atoms with Gasteiger partial charge in [0.15, 0.2) is 5.76 Å². The number of para-hydroxylation sites is 1. The molecule has 4 aromatic rings. The molecular weight excluding hydrogens is 342 g/mol. The highest BCUT2D eigenvalue weighted by Gasteiger charge is 2.17. The van der Waals surface area contributed by atoms with Crippen LogP contribution in [0.25, 0.3) is 33.3 Å². The maximum absolute atomic E-state index is 11.6. The summed E-state index contributed by atoms with van der Waals surface area (Å²) < 4.78 is 11.0. The second-order valence-corrected chi connectivity index (χ2v) is 5.92. The predicted molar refractivity (Wildman–Crippen MR) is 95.5 cm³/mol. The van der Waals surface area contributed by atoms with Gasteiger partial charge < -0.3 is 14.3 Å². The zero-order valence-corrected chi connectivity index (χ0v) is 13.9. The first kappa shape index (κ1) is 15.5. The fraction of sp³-hybridized carbons (Fsp3) is 0.0526. The molecule has 0 aliphatic heterocycles. The van der Waals surface area contributed by atoms with Crippen LogP contribution in [0.1, 0.15) is 10.4 Å². The highest BCUT2D eigenvalue weighted by molar-refractivity contribution is 6.35. The van der Waals surface area contributed by atoms with E-state index in [2.05, 4.69) is 4.98 Å². The van der Waals surface area contributed by atoms with E-state index in [4.69, 9.17) is 20.8 Å². The third kappa shape index (κ3) is 2.58. The molecule has 0 saturated heterocycles.